The normalized spacial score (nSPS) is 16.8. The Morgan fingerprint density at radius 2 is 1.80 bits per heavy atom. The minimum atomic E-state index is -0.878. The van der Waals surface area contributed by atoms with Gasteiger partial charge in [-0.05, 0) is 35.4 Å². The van der Waals surface area contributed by atoms with E-state index in [1.54, 1.807) is 9.96 Å². The van der Waals surface area contributed by atoms with Crippen LogP contribution in [0.2, 0.25) is 0 Å². The summed E-state index contributed by atoms with van der Waals surface area (Å²) in [5, 5.41) is 1.73. The number of hydroxylamine groups is 2. The average Bonchev–Trinajstić information content (AvgIpc) is 3.16. The largest absolute Gasteiger partial charge is 0.315 e. The third-order valence-corrected chi connectivity index (χ3v) is 5.43. The van der Waals surface area contributed by atoms with Crippen molar-refractivity contribution in [1.29, 1.82) is 0 Å². The van der Waals surface area contributed by atoms with E-state index in [0.29, 0.717) is 19.7 Å². The van der Waals surface area contributed by atoms with Crippen molar-refractivity contribution >= 4 is 21.8 Å². The van der Waals surface area contributed by atoms with Crippen molar-refractivity contribution in [2.24, 2.45) is 0 Å². The molecule has 0 N–H and O–H groups in total. The van der Waals surface area contributed by atoms with Crippen molar-refractivity contribution in [3.8, 4) is 0 Å². The van der Waals surface area contributed by atoms with Crippen LogP contribution in [0.4, 0.5) is 8.78 Å². The molecule has 1 heterocycles. The maximum absolute atomic E-state index is 14.3. The Kier molecular flexibility index (Phi) is 6.22. The molecule has 4 nitrogen and oxygen atoms in total. The molecule has 0 aliphatic carbocycles. The number of amides is 1. The van der Waals surface area contributed by atoms with Crippen LogP contribution in [-0.2, 0) is 11.4 Å². The monoisotopic (exact) mass is 472 g/mol. The van der Waals surface area contributed by atoms with Crippen molar-refractivity contribution in [3.63, 3.8) is 0 Å². The molecule has 154 valence electrons. The lowest BCUT2D eigenvalue weighted by Gasteiger charge is -2.30. The Bertz CT molecular complexity index is 1050. The summed E-state index contributed by atoms with van der Waals surface area (Å²) in [5.41, 5.74) is 1.66. The van der Waals surface area contributed by atoms with Gasteiger partial charge in [0.25, 0.3) is 5.91 Å². The van der Waals surface area contributed by atoms with Crippen LogP contribution in [0.15, 0.2) is 77.3 Å². The van der Waals surface area contributed by atoms with Crippen molar-refractivity contribution in [1.82, 2.24) is 9.96 Å². The Labute approximate surface area is 181 Å². The van der Waals surface area contributed by atoms with Crippen LogP contribution < -0.4 is 0 Å². The van der Waals surface area contributed by atoms with E-state index in [2.05, 4.69) is 15.9 Å². The molecule has 0 aromatic heterocycles. The molecule has 0 spiro atoms. The molecule has 4 rings (SSSR count). The predicted molar refractivity (Wildman–Crippen MR) is 112 cm³/mol. The third kappa shape index (κ3) is 4.43. The highest BCUT2D eigenvalue weighted by atomic mass is 79.9. The molecular weight excluding hydrogens is 454 g/mol. The molecule has 1 amide bonds. The lowest BCUT2D eigenvalue weighted by atomic mass is 10.1. The third-order valence-electron chi connectivity index (χ3n) is 4.94. The summed E-state index contributed by atoms with van der Waals surface area (Å²) in [4.78, 5) is 20.7. The first-order valence-electron chi connectivity index (χ1n) is 9.48. The standard InChI is InChI=1S/C23H19BrF2N2O2/c24-18-8-4-7-17(13-18)22-27(23(29)20-10-9-19(25)14-21(20)26)11-12-28(22)30-15-16-5-2-1-3-6-16/h1-10,13-14,22H,11-12,15H2. The summed E-state index contributed by atoms with van der Waals surface area (Å²) in [5.74, 6) is -2.11. The molecule has 1 atom stereocenters. The first-order chi connectivity index (χ1) is 14.5. The molecule has 7 heteroatoms. The van der Waals surface area contributed by atoms with Crippen LogP contribution in [0.25, 0.3) is 0 Å². The molecule has 1 saturated heterocycles. The number of benzene rings is 3. The van der Waals surface area contributed by atoms with Gasteiger partial charge in [-0.1, -0.05) is 58.4 Å². The van der Waals surface area contributed by atoms with Gasteiger partial charge < -0.3 is 4.90 Å². The molecule has 0 saturated carbocycles. The van der Waals surface area contributed by atoms with Crippen LogP contribution in [0.5, 0.6) is 0 Å². The Hall–Kier alpha value is -2.61. The highest BCUT2D eigenvalue weighted by Crippen LogP contribution is 2.33. The second kappa shape index (κ2) is 9.04. The minimum absolute atomic E-state index is 0.165. The smallest absolute Gasteiger partial charge is 0.258 e. The van der Waals surface area contributed by atoms with E-state index in [4.69, 9.17) is 4.84 Å². The minimum Gasteiger partial charge on any atom is -0.315 e. The number of carbonyl (C=O) groups excluding carboxylic acids is 1. The number of hydrogen-bond donors (Lipinski definition) is 0. The molecule has 0 bridgehead atoms. The summed E-state index contributed by atoms with van der Waals surface area (Å²) in [6.45, 7) is 1.15. The lowest BCUT2D eigenvalue weighted by Crippen LogP contribution is -2.35. The van der Waals surface area contributed by atoms with Crippen LogP contribution in [0, 0.1) is 11.6 Å². The van der Waals surface area contributed by atoms with Gasteiger partial charge in [-0.2, -0.15) is 5.06 Å². The SMILES string of the molecule is O=C(c1ccc(F)cc1F)N1CCN(OCc2ccccc2)C1c1cccc(Br)c1. The van der Waals surface area contributed by atoms with Crippen molar-refractivity contribution in [3.05, 3.63) is 106 Å². The van der Waals surface area contributed by atoms with E-state index >= 15 is 0 Å². The van der Waals surface area contributed by atoms with Gasteiger partial charge in [-0.25, -0.2) is 8.78 Å². The van der Waals surface area contributed by atoms with Gasteiger partial charge in [0.2, 0.25) is 0 Å². The zero-order chi connectivity index (χ0) is 21.1. The molecule has 1 aliphatic rings. The fourth-order valence-electron chi connectivity index (χ4n) is 3.52. The first-order valence-corrected chi connectivity index (χ1v) is 10.3. The summed E-state index contributed by atoms with van der Waals surface area (Å²) in [7, 11) is 0. The molecule has 0 radical (unpaired) electrons. The highest BCUT2D eigenvalue weighted by Gasteiger charge is 2.38. The van der Waals surface area contributed by atoms with Gasteiger partial charge >= 0.3 is 0 Å². The first kappa shape index (κ1) is 20.7. The summed E-state index contributed by atoms with van der Waals surface area (Å²) in [6, 6.07) is 20.3. The fourth-order valence-corrected chi connectivity index (χ4v) is 3.93. The van der Waals surface area contributed by atoms with Gasteiger partial charge in [0.1, 0.15) is 17.8 Å². The van der Waals surface area contributed by atoms with Crippen LogP contribution in [-0.4, -0.2) is 29.0 Å². The van der Waals surface area contributed by atoms with Gasteiger partial charge in [-0.15, -0.1) is 0 Å². The molecule has 30 heavy (non-hydrogen) atoms. The lowest BCUT2D eigenvalue weighted by molar-refractivity contribution is -0.192. The summed E-state index contributed by atoms with van der Waals surface area (Å²) in [6.07, 6.45) is -0.539. The van der Waals surface area contributed by atoms with E-state index in [9.17, 15) is 13.6 Å². The van der Waals surface area contributed by atoms with E-state index in [0.717, 1.165) is 27.7 Å². The molecule has 1 fully saturated rings. The van der Waals surface area contributed by atoms with E-state index in [1.165, 1.54) is 6.07 Å². The molecule has 3 aromatic rings. The van der Waals surface area contributed by atoms with Gasteiger partial charge in [-0.3, -0.25) is 9.63 Å². The molecular formula is C23H19BrF2N2O2. The number of carbonyl (C=O) groups is 1. The Morgan fingerprint density at radius 3 is 2.53 bits per heavy atom. The van der Waals surface area contributed by atoms with Crippen molar-refractivity contribution in [2.45, 2.75) is 12.8 Å². The van der Waals surface area contributed by atoms with Gasteiger partial charge in [0, 0.05) is 23.6 Å². The summed E-state index contributed by atoms with van der Waals surface area (Å²) < 4.78 is 28.4. The second-order valence-electron chi connectivity index (χ2n) is 6.95. The highest BCUT2D eigenvalue weighted by molar-refractivity contribution is 9.10. The van der Waals surface area contributed by atoms with Gasteiger partial charge in [0.15, 0.2) is 0 Å². The molecule has 1 unspecified atom stereocenters. The Balaban J connectivity index is 1.63. The predicted octanol–water partition coefficient (Wildman–Crippen LogP) is 5.32. The maximum atomic E-state index is 14.3. The second-order valence-corrected chi connectivity index (χ2v) is 7.87. The number of hydrogen-bond acceptors (Lipinski definition) is 3. The maximum Gasteiger partial charge on any atom is 0.258 e. The van der Waals surface area contributed by atoms with Crippen molar-refractivity contribution < 1.29 is 18.4 Å². The number of rotatable bonds is 5. The topological polar surface area (TPSA) is 32.8 Å². The van der Waals surface area contributed by atoms with Crippen molar-refractivity contribution in [2.75, 3.05) is 13.1 Å². The fraction of sp³-hybridized carbons (Fsp3) is 0.174. The number of halogens is 3. The zero-order valence-electron chi connectivity index (χ0n) is 16.0. The molecule has 3 aromatic carbocycles. The number of nitrogens with zero attached hydrogens (tertiary/aromatic N) is 2. The molecule has 1 aliphatic heterocycles. The van der Waals surface area contributed by atoms with E-state index in [-0.39, 0.29) is 5.56 Å². The quantitative estimate of drug-likeness (QED) is 0.503. The summed E-state index contributed by atoms with van der Waals surface area (Å²) >= 11 is 3.46. The van der Waals surface area contributed by atoms with Crippen LogP contribution >= 0.6 is 15.9 Å². The average molecular weight is 473 g/mol. The van der Waals surface area contributed by atoms with E-state index in [1.807, 2.05) is 54.6 Å². The Morgan fingerprint density at radius 1 is 1.00 bits per heavy atom. The van der Waals surface area contributed by atoms with E-state index < -0.39 is 23.7 Å². The zero-order valence-corrected chi connectivity index (χ0v) is 17.6. The van der Waals surface area contributed by atoms with Gasteiger partial charge in [0.05, 0.1) is 12.2 Å². The van der Waals surface area contributed by atoms with Crippen LogP contribution in [0.3, 0.4) is 0 Å². The van der Waals surface area contributed by atoms with Crippen LogP contribution in [0.1, 0.15) is 27.7 Å².